The van der Waals surface area contributed by atoms with E-state index in [-0.39, 0.29) is 0 Å². The molecule has 2 N–H and O–H groups in total. The minimum Gasteiger partial charge on any atom is -0.494 e. The zero-order valence-electron chi connectivity index (χ0n) is 11.3. The highest BCUT2D eigenvalue weighted by molar-refractivity contribution is 7.98. The van der Waals surface area contributed by atoms with Gasteiger partial charge in [0, 0.05) is 21.9 Å². The Morgan fingerprint density at radius 1 is 1.16 bits per heavy atom. The summed E-state index contributed by atoms with van der Waals surface area (Å²) in [5.74, 6) is 1.88. The average molecular weight is 273 g/mol. The van der Waals surface area contributed by atoms with Gasteiger partial charge in [-0.2, -0.15) is 0 Å². The molecule has 3 heteroatoms. The van der Waals surface area contributed by atoms with E-state index >= 15 is 0 Å². The highest BCUT2D eigenvalue weighted by Gasteiger charge is 2.05. The summed E-state index contributed by atoms with van der Waals surface area (Å²) in [6.45, 7) is 4.80. The van der Waals surface area contributed by atoms with Gasteiger partial charge in [0.05, 0.1) is 6.61 Å². The van der Waals surface area contributed by atoms with Gasteiger partial charge in [0.25, 0.3) is 0 Å². The molecule has 0 bridgehead atoms. The van der Waals surface area contributed by atoms with Gasteiger partial charge in [-0.25, -0.2) is 0 Å². The lowest BCUT2D eigenvalue weighted by molar-refractivity contribution is 0.337. The number of ether oxygens (including phenoxy) is 1. The van der Waals surface area contributed by atoms with E-state index in [1.807, 2.05) is 49.0 Å². The molecule has 19 heavy (non-hydrogen) atoms. The smallest absolute Gasteiger partial charge is 0.123 e. The monoisotopic (exact) mass is 273 g/mol. The van der Waals surface area contributed by atoms with Crippen LogP contribution in [-0.4, -0.2) is 6.61 Å². The summed E-state index contributed by atoms with van der Waals surface area (Å²) >= 11 is 1.81. The van der Waals surface area contributed by atoms with Crippen molar-refractivity contribution in [3.8, 4) is 5.75 Å². The molecule has 0 fully saturated rings. The van der Waals surface area contributed by atoms with Gasteiger partial charge in [0.1, 0.15) is 5.75 Å². The van der Waals surface area contributed by atoms with Crippen LogP contribution in [0.1, 0.15) is 18.1 Å². The van der Waals surface area contributed by atoms with Crippen LogP contribution in [0.5, 0.6) is 5.75 Å². The fourth-order valence-corrected chi connectivity index (χ4v) is 2.91. The molecule has 2 rings (SSSR count). The molecule has 0 saturated heterocycles. The molecule has 2 aromatic carbocycles. The summed E-state index contributed by atoms with van der Waals surface area (Å²) in [4.78, 5) is 1.26. The van der Waals surface area contributed by atoms with E-state index in [9.17, 15) is 0 Å². The maximum Gasteiger partial charge on any atom is 0.123 e. The predicted molar refractivity (Wildman–Crippen MR) is 82.8 cm³/mol. The third kappa shape index (κ3) is 3.67. The van der Waals surface area contributed by atoms with Crippen molar-refractivity contribution < 1.29 is 4.74 Å². The lowest BCUT2D eigenvalue weighted by Gasteiger charge is -2.11. The van der Waals surface area contributed by atoms with Crippen molar-refractivity contribution in [1.82, 2.24) is 0 Å². The molecule has 0 saturated carbocycles. The quantitative estimate of drug-likeness (QED) is 0.652. The van der Waals surface area contributed by atoms with Gasteiger partial charge in [-0.3, -0.25) is 0 Å². The molecule has 0 aliphatic heterocycles. The minimum absolute atomic E-state index is 0.697. The molecule has 0 aromatic heterocycles. The summed E-state index contributed by atoms with van der Waals surface area (Å²) in [5, 5.41) is 0. The molecule has 0 heterocycles. The van der Waals surface area contributed by atoms with Gasteiger partial charge < -0.3 is 10.5 Å². The van der Waals surface area contributed by atoms with Crippen LogP contribution in [0.25, 0.3) is 0 Å². The number of aryl methyl sites for hydroxylation is 1. The van der Waals surface area contributed by atoms with Gasteiger partial charge in [-0.05, 0) is 43.7 Å². The Balaban J connectivity index is 2.10. The number of hydrogen-bond donors (Lipinski definition) is 1. The van der Waals surface area contributed by atoms with Crippen molar-refractivity contribution in [1.29, 1.82) is 0 Å². The largest absolute Gasteiger partial charge is 0.494 e. The Hall–Kier alpha value is -1.61. The summed E-state index contributed by atoms with van der Waals surface area (Å²) in [7, 11) is 0. The van der Waals surface area contributed by atoms with Gasteiger partial charge in [-0.15, -0.1) is 11.8 Å². The Kier molecular flexibility index (Phi) is 4.74. The molecular weight excluding hydrogens is 254 g/mol. The van der Waals surface area contributed by atoms with Crippen molar-refractivity contribution in [2.45, 2.75) is 24.5 Å². The third-order valence-corrected chi connectivity index (χ3v) is 4.08. The molecule has 100 valence electrons. The molecule has 0 unspecified atom stereocenters. The molecule has 0 aliphatic rings. The van der Waals surface area contributed by atoms with Gasteiger partial charge in [-0.1, -0.05) is 18.2 Å². The predicted octanol–water partition coefficient (Wildman–Crippen LogP) is 4.27. The maximum absolute atomic E-state index is 5.77. The minimum atomic E-state index is 0.697. The third-order valence-electron chi connectivity index (χ3n) is 2.85. The van der Waals surface area contributed by atoms with E-state index in [0.717, 1.165) is 17.2 Å². The Bertz CT molecular complexity index is 554. The van der Waals surface area contributed by atoms with Crippen LogP contribution in [0.2, 0.25) is 0 Å². The van der Waals surface area contributed by atoms with Crippen LogP contribution in [-0.2, 0) is 5.75 Å². The molecule has 0 atom stereocenters. The van der Waals surface area contributed by atoms with Crippen molar-refractivity contribution in [2.75, 3.05) is 12.3 Å². The van der Waals surface area contributed by atoms with Crippen LogP contribution in [0.15, 0.2) is 47.4 Å². The van der Waals surface area contributed by atoms with E-state index in [4.69, 9.17) is 10.5 Å². The second-order valence-electron chi connectivity index (χ2n) is 4.35. The zero-order chi connectivity index (χ0) is 13.7. The van der Waals surface area contributed by atoms with Gasteiger partial charge >= 0.3 is 0 Å². The molecule has 0 amide bonds. The first-order valence-electron chi connectivity index (χ1n) is 6.40. The first-order chi connectivity index (χ1) is 9.20. The summed E-state index contributed by atoms with van der Waals surface area (Å²) in [6.07, 6.45) is 0. The standard InChI is InChI=1S/C16H19NOS/c1-3-18-15-7-5-4-6-13(15)11-19-16-9-8-14(17)10-12(16)2/h4-10H,3,11,17H2,1-2H3. The molecule has 0 spiro atoms. The van der Waals surface area contributed by atoms with E-state index in [0.29, 0.717) is 6.61 Å². The second kappa shape index (κ2) is 6.53. The normalized spacial score (nSPS) is 10.4. The fraction of sp³-hybridized carbons (Fsp3) is 0.250. The number of nitrogens with two attached hydrogens (primary N) is 1. The van der Waals surface area contributed by atoms with Crippen LogP contribution in [0.4, 0.5) is 5.69 Å². The van der Waals surface area contributed by atoms with E-state index in [1.54, 1.807) is 0 Å². The lowest BCUT2D eigenvalue weighted by atomic mass is 10.2. The molecule has 0 aliphatic carbocycles. The van der Waals surface area contributed by atoms with E-state index in [2.05, 4.69) is 19.1 Å². The highest BCUT2D eigenvalue weighted by Crippen LogP contribution is 2.30. The van der Waals surface area contributed by atoms with Crippen molar-refractivity contribution in [2.24, 2.45) is 0 Å². The number of anilines is 1. The number of nitrogen functional groups attached to an aromatic ring is 1. The Morgan fingerprint density at radius 2 is 1.95 bits per heavy atom. The number of hydrogen-bond acceptors (Lipinski definition) is 3. The number of para-hydroxylation sites is 1. The number of benzene rings is 2. The average Bonchev–Trinajstić information content (AvgIpc) is 2.40. The van der Waals surface area contributed by atoms with Crippen LogP contribution >= 0.6 is 11.8 Å². The molecule has 0 radical (unpaired) electrons. The van der Waals surface area contributed by atoms with Crippen LogP contribution in [0, 0.1) is 6.92 Å². The Labute approximate surface area is 119 Å². The fourth-order valence-electron chi connectivity index (χ4n) is 1.91. The molecular formula is C16H19NOS. The number of thioether (sulfide) groups is 1. The lowest BCUT2D eigenvalue weighted by Crippen LogP contribution is -1.95. The van der Waals surface area contributed by atoms with Crippen molar-refractivity contribution >= 4 is 17.4 Å². The van der Waals surface area contributed by atoms with Crippen molar-refractivity contribution in [3.05, 3.63) is 53.6 Å². The Morgan fingerprint density at radius 3 is 2.68 bits per heavy atom. The summed E-state index contributed by atoms with van der Waals surface area (Å²) < 4.78 is 5.64. The topological polar surface area (TPSA) is 35.2 Å². The van der Waals surface area contributed by atoms with Gasteiger partial charge in [0.15, 0.2) is 0 Å². The van der Waals surface area contributed by atoms with Crippen LogP contribution < -0.4 is 10.5 Å². The van der Waals surface area contributed by atoms with E-state index < -0.39 is 0 Å². The van der Waals surface area contributed by atoms with Crippen molar-refractivity contribution in [3.63, 3.8) is 0 Å². The highest BCUT2D eigenvalue weighted by atomic mass is 32.2. The van der Waals surface area contributed by atoms with Gasteiger partial charge in [0.2, 0.25) is 0 Å². The second-order valence-corrected chi connectivity index (χ2v) is 5.37. The summed E-state index contributed by atoms with van der Waals surface area (Å²) in [6, 6.07) is 14.2. The zero-order valence-corrected chi connectivity index (χ0v) is 12.2. The molecule has 2 nitrogen and oxygen atoms in total. The van der Waals surface area contributed by atoms with Crippen LogP contribution in [0.3, 0.4) is 0 Å². The van der Waals surface area contributed by atoms with E-state index in [1.165, 1.54) is 16.0 Å². The summed E-state index contributed by atoms with van der Waals surface area (Å²) in [5.41, 5.74) is 9.03. The number of rotatable bonds is 5. The molecule has 2 aromatic rings. The maximum atomic E-state index is 5.77. The SMILES string of the molecule is CCOc1ccccc1CSc1ccc(N)cc1C. The first-order valence-corrected chi connectivity index (χ1v) is 7.39. The first kappa shape index (κ1) is 13.8.